The second-order valence-electron chi connectivity index (χ2n) is 5.22. The molecular formula is C15H22N2O5. The van der Waals surface area contributed by atoms with Gasteiger partial charge in [0.05, 0.1) is 31.8 Å². The lowest BCUT2D eigenvalue weighted by atomic mass is 10.2. The van der Waals surface area contributed by atoms with Crippen LogP contribution in [0.4, 0.5) is 4.79 Å². The van der Waals surface area contributed by atoms with Crippen LogP contribution in [-0.4, -0.2) is 40.9 Å². The molecule has 122 valence electrons. The third kappa shape index (κ3) is 7.58. The average Bonchev–Trinajstić information content (AvgIpc) is 2.39. The highest BCUT2D eigenvalue weighted by Crippen LogP contribution is 2.03. The lowest BCUT2D eigenvalue weighted by Crippen LogP contribution is -2.40. The first-order chi connectivity index (χ1) is 10.4. The number of ether oxygens (including phenoxy) is 2. The van der Waals surface area contributed by atoms with E-state index in [1.807, 2.05) is 19.1 Å². The molecule has 0 radical (unpaired) electrons. The number of hydrogen-bond donors (Lipinski definition) is 2. The summed E-state index contributed by atoms with van der Waals surface area (Å²) in [6.45, 7) is 5.69. The number of carbonyl (C=O) groups is 2. The SMILES string of the molecule is Cc1ccc(COCC(CC(=O)O)NC(=O)OC(C)C)cn1. The van der Waals surface area contributed by atoms with Crippen molar-refractivity contribution in [3.05, 3.63) is 29.6 Å². The molecule has 1 amide bonds. The molecule has 1 unspecified atom stereocenters. The predicted octanol–water partition coefficient (Wildman–Crippen LogP) is 1.88. The Bertz CT molecular complexity index is 487. The molecule has 1 heterocycles. The molecule has 0 bridgehead atoms. The lowest BCUT2D eigenvalue weighted by Gasteiger charge is -2.18. The van der Waals surface area contributed by atoms with Gasteiger partial charge in [0, 0.05) is 11.9 Å². The largest absolute Gasteiger partial charge is 0.481 e. The minimum atomic E-state index is -1.02. The Labute approximate surface area is 129 Å². The van der Waals surface area contributed by atoms with Crippen molar-refractivity contribution in [3.63, 3.8) is 0 Å². The number of aryl methyl sites for hydroxylation is 1. The van der Waals surface area contributed by atoms with Crippen LogP contribution in [-0.2, 0) is 20.9 Å². The number of carboxylic acid groups (broad SMARTS) is 1. The second kappa shape index (κ2) is 8.99. The molecule has 7 nitrogen and oxygen atoms in total. The summed E-state index contributed by atoms with van der Waals surface area (Å²) < 4.78 is 10.4. The standard InChI is InChI=1S/C15H22N2O5/c1-10(2)22-15(20)17-13(6-14(18)19)9-21-8-12-5-4-11(3)16-7-12/h4-5,7,10,13H,6,8-9H2,1-3H3,(H,17,20)(H,18,19). The van der Waals surface area contributed by atoms with Crippen LogP contribution in [0.2, 0.25) is 0 Å². The Morgan fingerprint density at radius 3 is 2.64 bits per heavy atom. The third-order valence-corrected chi connectivity index (χ3v) is 2.65. The zero-order valence-electron chi connectivity index (χ0n) is 13.0. The van der Waals surface area contributed by atoms with Gasteiger partial charge in [-0.15, -0.1) is 0 Å². The van der Waals surface area contributed by atoms with Gasteiger partial charge in [0.1, 0.15) is 0 Å². The highest BCUT2D eigenvalue weighted by molar-refractivity contribution is 5.71. The van der Waals surface area contributed by atoms with Crippen LogP contribution in [0.15, 0.2) is 18.3 Å². The van der Waals surface area contributed by atoms with E-state index in [0.717, 1.165) is 11.3 Å². The van der Waals surface area contributed by atoms with Gasteiger partial charge in [0.15, 0.2) is 0 Å². The zero-order chi connectivity index (χ0) is 16.5. The normalized spacial score (nSPS) is 12.0. The van der Waals surface area contributed by atoms with Crippen LogP contribution in [0.25, 0.3) is 0 Å². The Hall–Kier alpha value is -2.15. The molecule has 1 aromatic heterocycles. The number of rotatable bonds is 8. The summed E-state index contributed by atoms with van der Waals surface area (Å²) in [4.78, 5) is 26.5. The van der Waals surface area contributed by atoms with E-state index >= 15 is 0 Å². The second-order valence-corrected chi connectivity index (χ2v) is 5.22. The smallest absolute Gasteiger partial charge is 0.407 e. The Morgan fingerprint density at radius 2 is 2.09 bits per heavy atom. The molecule has 0 aliphatic rings. The van der Waals surface area contributed by atoms with Gasteiger partial charge in [0.25, 0.3) is 0 Å². The summed E-state index contributed by atoms with van der Waals surface area (Å²) in [6, 6.07) is 3.10. The van der Waals surface area contributed by atoms with E-state index in [4.69, 9.17) is 14.6 Å². The van der Waals surface area contributed by atoms with Gasteiger partial charge in [-0.25, -0.2) is 4.79 Å². The maximum absolute atomic E-state index is 11.5. The summed E-state index contributed by atoms with van der Waals surface area (Å²) in [5.74, 6) is -1.02. The lowest BCUT2D eigenvalue weighted by molar-refractivity contribution is -0.137. The quantitative estimate of drug-likeness (QED) is 0.761. The summed E-state index contributed by atoms with van der Waals surface area (Å²) in [5, 5.41) is 11.4. The van der Waals surface area contributed by atoms with Gasteiger partial charge < -0.3 is 19.9 Å². The number of carbonyl (C=O) groups excluding carboxylic acids is 1. The number of carboxylic acids is 1. The molecule has 0 fully saturated rings. The van der Waals surface area contributed by atoms with Gasteiger partial charge in [0.2, 0.25) is 0 Å². The maximum atomic E-state index is 11.5. The molecule has 7 heteroatoms. The van der Waals surface area contributed by atoms with E-state index in [1.165, 1.54) is 0 Å². The Kier molecular flexibility index (Phi) is 7.31. The molecule has 0 aliphatic carbocycles. The van der Waals surface area contributed by atoms with Crippen molar-refractivity contribution in [2.24, 2.45) is 0 Å². The fourth-order valence-corrected chi connectivity index (χ4v) is 1.68. The Morgan fingerprint density at radius 1 is 1.36 bits per heavy atom. The van der Waals surface area contributed by atoms with Crippen molar-refractivity contribution in [3.8, 4) is 0 Å². The summed E-state index contributed by atoms with van der Waals surface area (Å²) in [6.07, 6.45) is 0.535. The van der Waals surface area contributed by atoms with Crippen LogP contribution in [0, 0.1) is 6.92 Å². The number of alkyl carbamates (subject to hydrolysis) is 1. The van der Waals surface area contributed by atoms with Crippen LogP contribution >= 0.6 is 0 Å². The number of nitrogens with zero attached hydrogens (tertiary/aromatic N) is 1. The number of amides is 1. The number of nitrogens with one attached hydrogen (secondary N) is 1. The molecule has 0 aromatic carbocycles. The van der Waals surface area contributed by atoms with Gasteiger partial charge in [-0.3, -0.25) is 9.78 Å². The third-order valence-electron chi connectivity index (χ3n) is 2.65. The van der Waals surface area contributed by atoms with Crippen LogP contribution in [0.3, 0.4) is 0 Å². The average molecular weight is 310 g/mol. The van der Waals surface area contributed by atoms with Gasteiger partial charge in [-0.1, -0.05) is 6.07 Å². The topological polar surface area (TPSA) is 97.8 Å². The van der Waals surface area contributed by atoms with Gasteiger partial charge >= 0.3 is 12.1 Å². The van der Waals surface area contributed by atoms with E-state index in [9.17, 15) is 9.59 Å². The molecule has 0 aliphatic heterocycles. The van der Waals surface area contributed by atoms with Crippen molar-refractivity contribution >= 4 is 12.1 Å². The highest BCUT2D eigenvalue weighted by Gasteiger charge is 2.17. The van der Waals surface area contributed by atoms with E-state index in [-0.39, 0.29) is 19.1 Å². The number of pyridine rings is 1. The van der Waals surface area contributed by atoms with Crippen molar-refractivity contribution in [1.82, 2.24) is 10.3 Å². The van der Waals surface area contributed by atoms with Gasteiger partial charge in [-0.2, -0.15) is 0 Å². The first-order valence-corrected chi connectivity index (χ1v) is 7.05. The van der Waals surface area contributed by atoms with Crippen molar-refractivity contribution < 1.29 is 24.2 Å². The van der Waals surface area contributed by atoms with Crippen molar-refractivity contribution in [2.75, 3.05) is 6.61 Å². The molecule has 22 heavy (non-hydrogen) atoms. The van der Waals surface area contributed by atoms with E-state index in [2.05, 4.69) is 10.3 Å². The minimum Gasteiger partial charge on any atom is -0.481 e. The molecule has 1 aromatic rings. The van der Waals surface area contributed by atoms with Crippen LogP contribution in [0.1, 0.15) is 31.5 Å². The molecule has 0 saturated heterocycles. The van der Waals surface area contributed by atoms with E-state index in [1.54, 1.807) is 20.0 Å². The molecule has 0 spiro atoms. The van der Waals surface area contributed by atoms with Crippen LogP contribution < -0.4 is 5.32 Å². The first kappa shape index (κ1) is 17.9. The van der Waals surface area contributed by atoms with E-state index < -0.39 is 18.1 Å². The molecule has 1 atom stereocenters. The maximum Gasteiger partial charge on any atom is 0.407 e. The van der Waals surface area contributed by atoms with Crippen LogP contribution in [0.5, 0.6) is 0 Å². The van der Waals surface area contributed by atoms with E-state index in [0.29, 0.717) is 6.61 Å². The molecular weight excluding hydrogens is 288 g/mol. The summed E-state index contributed by atoms with van der Waals surface area (Å²) >= 11 is 0. The van der Waals surface area contributed by atoms with Crippen molar-refractivity contribution in [1.29, 1.82) is 0 Å². The number of hydrogen-bond acceptors (Lipinski definition) is 5. The minimum absolute atomic E-state index is 0.0768. The number of aromatic nitrogens is 1. The zero-order valence-corrected chi connectivity index (χ0v) is 13.0. The summed E-state index contributed by atoms with van der Waals surface area (Å²) in [7, 11) is 0. The monoisotopic (exact) mass is 310 g/mol. The predicted molar refractivity (Wildman–Crippen MR) is 79.4 cm³/mol. The fourth-order valence-electron chi connectivity index (χ4n) is 1.68. The van der Waals surface area contributed by atoms with Gasteiger partial charge in [-0.05, 0) is 32.4 Å². The molecule has 2 N–H and O–H groups in total. The fraction of sp³-hybridized carbons (Fsp3) is 0.533. The highest BCUT2D eigenvalue weighted by atomic mass is 16.6. The first-order valence-electron chi connectivity index (χ1n) is 7.05. The Balaban J connectivity index is 2.45. The molecule has 1 rings (SSSR count). The molecule has 0 saturated carbocycles. The number of aliphatic carboxylic acids is 1. The van der Waals surface area contributed by atoms with Crippen molar-refractivity contribution in [2.45, 2.75) is 45.9 Å². The summed E-state index contributed by atoms with van der Waals surface area (Å²) in [5.41, 5.74) is 1.79.